The summed E-state index contributed by atoms with van der Waals surface area (Å²) in [5, 5.41) is 3.32. The van der Waals surface area contributed by atoms with E-state index in [2.05, 4.69) is 19.2 Å². The van der Waals surface area contributed by atoms with Crippen molar-refractivity contribution in [2.75, 3.05) is 11.9 Å². The van der Waals surface area contributed by atoms with Gasteiger partial charge in [0.1, 0.15) is 5.82 Å². The van der Waals surface area contributed by atoms with Gasteiger partial charge in [0, 0.05) is 12.2 Å². The highest BCUT2D eigenvalue weighted by Crippen LogP contribution is 2.30. The standard InChI is InChI=1S/C13H18FN/c1-8(2)11-5-10-4-9(3)12(14)6-13(10)15-7-11/h4,6,8,11,15H,5,7H2,1-3H3. The van der Waals surface area contributed by atoms with E-state index >= 15 is 0 Å². The molecule has 0 spiro atoms. The molecule has 82 valence electrons. The van der Waals surface area contributed by atoms with Crippen LogP contribution in [0.1, 0.15) is 25.0 Å². The van der Waals surface area contributed by atoms with Gasteiger partial charge < -0.3 is 5.32 Å². The molecule has 1 aromatic rings. The van der Waals surface area contributed by atoms with Gasteiger partial charge in [-0.15, -0.1) is 0 Å². The van der Waals surface area contributed by atoms with E-state index in [0.717, 1.165) is 24.2 Å². The fraction of sp³-hybridized carbons (Fsp3) is 0.538. The quantitative estimate of drug-likeness (QED) is 0.744. The van der Waals surface area contributed by atoms with Gasteiger partial charge in [0.25, 0.3) is 0 Å². The summed E-state index contributed by atoms with van der Waals surface area (Å²) in [6, 6.07) is 3.60. The summed E-state index contributed by atoms with van der Waals surface area (Å²) in [4.78, 5) is 0. The molecule has 0 amide bonds. The van der Waals surface area contributed by atoms with E-state index in [4.69, 9.17) is 0 Å². The Morgan fingerprint density at radius 3 is 2.80 bits per heavy atom. The molecule has 0 aliphatic carbocycles. The van der Waals surface area contributed by atoms with E-state index in [0.29, 0.717) is 11.8 Å². The third-order valence-corrected chi connectivity index (χ3v) is 3.36. The summed E-state index contributed by atoms with van der Waals surface area (Å²) in [6.07, 6.45) is 1.07. The van der Waals surface area contributed by atoms with Crippen LogP contribution in [-0.2, 0) is 6.42 Å². The Kier molecular flexibility index (Phi) is 2.68. The van der Waals surface area contributed by atoms with Gasteiger partial charge in [0.05, 0.1) is 0 Å². The molecule has 2 rings (SSSR count). The fourth-order valence-electron chi connectivity index (χ4n) is 2.14. The molecule has 0 aromatic heterocycles. The van der Waals surface area contributed by atoms with Gasteiger partial charge in [-0.1, -0.05) is 19.9 Å². The van der Waals surface area contributed by atoms with Gasteiger partial charge >= 0.3 is 0 Å². The van der Waals surface area contributed by atoms with E-state index in [1.165, 1.54) is 5.56 Å². The molecule has 0 fully saturated rings. The highest BCUT2D eigenvalue weighted by Gasteiger charge is 2.21. The topological polar surface area (TPSA) is 12.0 Å². The average Bonchev–Trinajstić information content (AvgIpc) is 2.19. The Balaban J connectivity index is 2.30. The van der Waals surface area contributed by atoms with Crippen LogP contribution in [0.4, 0.5) is 10.1 Å². The number of aryl methyl sites for hydroxylation is 1. The van der Waals surface area contributed by atoms with E-state index in [-0.39, 0.29) is 5.82 Å². The third-order valence-electron chi connectivity index (χ3n) is 3.36. The lowest BCUT2D eigenvalue weighted by Crippen LogP contribution is -2.27. The number of hydrogen-bond donors (Lipinski definition) is 1. The van der Waals surface area contributed by atoms with Crippen LogP contribution in [-0.4, -0.2) is 6.54 Å². The Morgan fingerprint density at radius 1 is 1.40 bits per heavy atom. The van der Waals surface area contributed by atoms with Crippen LogP contribution < -0.4 is 5.32 Å². The van der Waals surface area contributed by atoms with Crippen LogP contribution in [0.3, 0.4) is 0 Å². The molecule has 1 atom stereocenters. The molecule has 1 nitrogen and oxygen atoms in total. The molecule has 2 heteroatoms. The fourth-order valence-corrected chi connectivity index (χ4v) is 2.14. The molecule has 1 aliphatic rings. The molecular formula is C13H18FN. The lowest BCUT2D eigenvalue weighted by Gasteiger charge is -2.29. The van der Waals surface area contributed by atoms with Crippen molar-refractivity contribution in [3.8, 4) is 0 Å². The summed E-state index contributed by atoms with van der Waals surface area (Å²) in [7, 11) is 0. The number of rotatable bonds is 1. The highest BCUT2D eigenvalue weighted by molar-refractivity contribution is 5.55. The van der Waals surface area contributed by atoms with Crippen LogP contribution in [0.25, 0.3) is 0 Å². The predicted molar refractivity (Wildman–Crippen MR) is 61.7 cm³/mol. The second kappa shape index (κ2) is 3.84. The van der Waals surface area contributed by atoms with Crippen LogP contribution in [0, 0.1) is 24.6 Å². The molecule has 1 heterocycles. The van der Waals surface area contributed by atoms with Crippen LogP contribution >= 0.6 is 0 Å². The van der Waals surface area contributed by atoms with E-state index in [1.54, 1.807) is 6.07 Å². The van der Waals surface area contributed by atoms with Crippen molar-refractivity contribution in [1.82, 2.24) is 0 Å². The molecular weight excluding hydrogens is 189 g/mol. The zero-order valence-corrected chi connectivity index (χ0v) is 9.60. The minimum atomic E-state index is -0.107. The third kappa shape index (κ3) is 1.99. The average molecular weight is 207 g/mol. The zero-order chi connectivity index (χ0) is 11.0. The normalized spacial score (nSPS) is 19.9. The zero-order valence-electron chi connectivity index (χ0n) is 9.60. The molecule has 1 N–H and O–H groups in total. The van der Waals surface area contributed by atoms with Crippen LogP contribution in [0.15, 0.2) is 12.1 Å². The largest absolute Gasteiger partial charge is 0.384 e. The maximum absolute atomic E-state index is 13.3. The van der Waals surface area contributed by atoms with Crippen molar-refractivity contribution in [2.45, 2.75) is 27.2 Å². The monoisotopic (exact) mass is 207 g/mol. The maximum Gasteiger partial charge on any atom is 0.128 e. The van der Waals surface area contributed by atoms with Gasteiger partial charge in [-0.2, -0.15) is 0 Å². The van der Waals surface area contributed by atoms with Crippen molar-refractivity contribution < 1.29 is 4.39 Å². The number of fused-ring (bicyclic) bond motifs is 1. The molecule has 0 bridgehead atoms. The highest BCUT2D eigenvalue weighted by atomic mass is 19.1. The molecule has 1 unspecified atom stereocenters. The van der Waals surface area contributed by atoms with E-state index in [1.807, 2.05) is 13.0 Å². The van der Waals surface area contributed by atoms with E-state index in [9.17, 15) is 4.39 Å². The van der Waals surface area contributed by atoms with E-state index < -0.39 is 0 Å². The van der Waals surface area contributed by atoms with Gasteiger partial charge in [0.15, 0.2) is 0 Å². The molecule has 1 aliphatic heterocycles. The van der Waals surface area contributed by atoms with Crippen molar-refractivity contribution in [2.24, 2.45) is 11.8 Å². The summed E-state index contributed by atoms with van der Waals surface area (Å²) in [5.41, 5.74) is 2.99. The minimum Gasteiger partial charge on any atom is -0.384 e. The van der Waals surface area contributed by atoms with Crippen molar-refractivity contribution >= 4 is 5.69 Å². The lowest BCUT2D eigenvalue weighted by atomic mass is 9.85. The van der Waals surface area contributed by atoms with Crippen LogP contribution in [0.5, 0.6) is 0 Å². The SMILES string of the molecule is Cc1cc2c(cc1F)NCC(C(C)C)C2. The minimum absolute atomic E-state index is 0.107. The first kappa shape index (κ1) is 10.5. The molecule has 0 saturated carbocycles. The van der Waals surface area contributed by atoms with Crippen molar-refractivity contribution in [3.05, 3.63) is 29.1 Å². The predicted octanol–water partition coefficient (Wildman–Crippen LogP) is 3.37. The smallest absolute Gasteiger partial charge is 0.128 e. The van der Waals surface area contributed by atoms with Gasteiger partial charge in [-0.25, -0.2) is 4.39 Å². The van der Waals surface area contributed by atoms with Gasteiger partial charge in [-0.3, -0.25) is 0 Å². The second-order valence-corrected chi connectivity index (χ2v) is 4.85. The van der Waals surface area contributed by atoms with Crippen molar-refractivity contribution in [1.29, 1.82) is 0 Å². The second-order valence-electron chi connectivity index (χ2n) is 4.85. The van der Waals surface area contributed by atoms with Crippen molar-refractivity contribution in [3.63, 3.8) is 0 Å². The lowest BCUT2D eigenvalue weighted by molar-refractivity contribution is 0.393. The summed E-state index contributed by atoms with van der Waals surface area (Å²) in [6.45, 7) is 7.28. The molecule has 0 saturated heterocycles. The molecule has 1 aromatic carbocycles. The molecule has 15 heavy (non-hydrogen) atoms. The summed E-state index contributed by atoms with van der Waals surface area (Å²) < 4.78 is 13.3. The number of anilines is 1. The summed E-state index contributed by atoms with van der Waals surface area (Å²) in [5.74, 6) is 1.24. The molecule has 0 radical (unpaired) electrons. The van der Waals surface area contributed by atoms with Crippen LogP contribution in [0.2, 0.25) is 0 Å². The Hall–Kier alpha value is -1.05. The van der Waals surface area contributed by atoms with Gasteiger partial charge in [-0.05, 0) is 42.4 Å². The first-order valence-corrected chi connectivity index (χ1v) is 5.61. The Morgan fingerprint density at radius 2 is 2.13 bits per heavy atom. The Bertz CT molecular complexity index is 371. The Labute approximate surface area is 90.7 Å². The summed E-state index contributed by atoms with van der Waals surface area (Å²) >= 11 is 0. The number of hydrogen-bond acceptors (Lipinski definition) is 1. The maximum atomic E-state index is 13.3. The first-order valence-electron chi connectivity index (χ1n) is 5.61. The van der Waals surface area contributed by atoms with Gasteiger partial charge in [0.2, 0.25) is 0 Å². The number of halogens is 1. The number of nitrogens with one attached hydrogen (secondary N) is 1. The first-order chi connectivity index (χ1) is 7.08. The number of benzene rings is 1.